The number of alkyl carbamates (subject to hydrolysis) is 1. The van der Waals surface area contributed by atoms with E-state index in [1.807, 2.05) is 20.8 Å². The molecule has 0 aliphatic heterocycles. The summed E-state index contributed by atoms with van der Waals surface area (Å²) < 4.78 is 5.26. The number of rotatable bonds is 2. The number of carboxylic acid groups (broad SMARTS) is 1. The zero-order valence-electron chi connectivity index (χ0n) is 12.7. The highest BCUT2D eigenvalue weighted by Gasteiger charge is 2.55. The van der Waals surface area contributed by atoms with Gasteiger partial charge in [0.2, 0.25) is 0 Å². The molecule has 0 aromatic carbocycles. The van der Waals surface area contributed by atoms with Crippen molar-refractivity contribution in [2.75, 3.05) is 0 Å². The minimum atomic E-state index is -0.806. The number of carbonyl (C=O) groups excluding carboxylic acids is 1. The Morgan fingerprint density at radius 3 is 2.16 bits per heavy atom. The van der Waals surface area contributed by atoms with Gasteiger partial charge in [-0.15, -0.1) is 0 Å². The molecule has 2 N–H and O–H groups in total. The highest BCUT2D eigenvalue weighted by atomic mass is 16.6. The third kappa shape index (κ3) is 3.19. The van der Waals surface area contributed by atoms with Crippen molar-refractivity contribution in [3.8, 4) is 0 Å². The fourth-order valence-electron chi connectivity index (χ4n) is 2.69. The number of hydrogen-bond donors (Lipinski definition) is 2. The molecule has 2 atom stereocenters. The zero-order valence-corrected chi connectivity index (χ0v) is 12.7. The van der Waals surface area contributed by atoms with E-state index in [-0.39, 0.29) is 0 Å². The Labute approximate surface area is 114 Å². The maximum absolute atomic E-state index is 11.9. The van der Waals surface area contributed by atoms with Gasteiger partial charge in [-0.05, 0) is 40.5 Å². The van der Waals surface area contributed by atoms with Crippen molar-refractivity contribution in [1.82, 2.24) is 5.32 Å². The van der Waals surface area contributed by atoms with Crippen LogP contribution in [0.15, 0.2) is 0 Å². The molecule has 110 valence electrons. The van der Waals surface area contributed by atoms with E-state index < -0.39 is 34.5 Å². The van der Waals surface area contributed by atoms with E-state index in [1.165, 1.54) is 0 Å². The van der Waals surface area contributed by atoms with Crippen LogP contribution in [-0.2, 0) is 9.53 Å². The lowest BCUT2D eigenvalue weighted by atomic mass is 9.71. The number of aliphatic carboxylic acids is 1. The van der Waals surface area contributed by atoms with Crippen LogP contribution < -0.4 is 5.32 Å². The first-order chi connectivity index (χ1) is 8.39. The molecule has 0 bridgehead atoms. The fraction of sp³-hybridized carbons (Fsp3) is 0.857. The second-order valence-electron chi connectivity index (χ2n) is 7.11. The van der Waals surface area contributed by atoms with Gasteiger partial charge in [-0.2, -0.15) is 0 Å². The summed E-state index contributed by atoms with van der Waals surface area (Å²) in [7, 11) is 0. The van der Waals surface area contributed by atoms with Crippen LogP contribution >= 0.6 is 0 Å². The van der Waals surface area contributed by atoms with Crippen LogP contribution in [0, 0.1) is 11.3 Å². The topological polar surface area (TPSA) is 75.6 Å². The Hall–Kier alpha value is -1.26. The molecular weight excluding hydrogens is 246 g/mol. The third-order valence-corrected chi connectivity index (χ3v) is 4.30. The van der Waals surface area contributed by atoms with Gasteiger partial charge in [0.25, 0.3) is 0 Å². The van der Waals surface area contributed by atoms with Gasteiger partial charge in [0.1, 0.15) is 5.60 Å². The number of ether oxygens (including phenoxy) is 1. The van der Waals surface area contributed by atoms with Gasteiger partial charge < -0.3 is 15.2 Å². The summed E-state index contributed by atoms with van der Waals surface area (Å²) in [6, 6.07) is 0. The predicted molar refractivity (Wildman–Crippen MR) is 71.9 cm³/mol. The molecule has 0 heterocycles. The molecule has 1 fully saturated rings. The molecule has 0 spiro atoms. The van der Waals surface area contributed by atoms with Gasteiger partial charge in [-0.1, -0.05) is 13.8 Å². The quantitative estimate of drug-likeness (QED) is 0.809. The van der Waals surface area contributed by atoms with E-state index >= 15 is 0 Å². The van der Waals surface area contributed by atoms with Crippen LogP contribution in [0.25, 0.3) is 0 Å². The highest BCUT2D eigenvalue weighted by molar-refractivity contribution is 5.73. The maximum atomic E-state index is 11.9. The van der Waals surface area contributed by atoms with Crippen LogP contribution in [0.1, 0.15) is 54.4 Å². The van der Waals surface area contributed by atoms with Gasteiger partial charge >= 0.3 is 12.1 Å². The van der Waals surface area contributed by atoms with E-state index in [2.05, 4.69) is 5.32 Å². The van der Waals surface area contributed by atoms with E-state index in [1.54, 1.807) is 20.8 Å². The zero-order chi connectivity index (χ0) is 15.1. The summed E-state index contributed by atoms with van der Waals surface area (Å²) in [5.74, 6) is -1.26. The summed E-state index contributed by atoms with van der Waals surface area (Å²) in [5, 5.41) is 12.1. The van der Waals surface area contributed by atoms with Gasteiger partial charge in [-0.3, -0.25) is 4.79 Å². The van der Waals surface area contributed by atoms with Gasteiger partial charge in [0, 0.05) is 11.0 Å². The van der Waals surface area contributed by atoms with E-state index in [0.29, 0.717) is 12.8 Å². The molecule has 0 aromatic heterocycles. The molecule has 1 amide bonds. The molecule has 1 aliphatic rings. The van der Waals surface area contributed by atoms with Crippen molar-refractivity contribution in [2.45, 2.75) is 65.5 Å². The van der Waals surface area contributed by atoms with Crippen LogP contribution in [0.5, 0.6) is 0 Å². The van der Waals surface area contributed by atoms with Crippen LogP contribution in [0.4, 0.5) is 4.79 Å². The van der Waals surface area contributed by atoms with Crippen LogP contribution in [0.3, 0.4) is 0 Å². The lowest BCUT2D eigenvalue weighted by Crippen LogP contribution is -2.55. The molecule has 0 radical (unpaired) electrons. The molecule has 0 aromatic rings. The average Bonchev–Trinajstić information content (AvgIpc) is 2.33. The van der Waals surface area contributed by atoms with Gasteiger partial charge in [0.15, 0.2) is 0 Å². The Bertz CT molecular complexity index is 383. The van der Waals surface area contributed by atoms with E-state index in [0.717, 1.165) is 0 Å². The first kappa shape index (κ1) is 15.8. The molecule has 1 saturated carbocycles. The van der Waals surface area contributed by atoms with Gasteiger partial charge in [-0.25, -0.2) is 4.79 Å². The van der Waals surface area contributed by atoms with Crippen LogP contribution in [0.2, 0.25) is 0 Å². The summed E-state index contributed by atoms with van der Waals surface area (Å²) in [6.07, 6.45) is 0.708. The summed E-state index contributed by atoms with van der Waals surface area (Å²) >= 11 is 0. The lowest BCUT2D eigenvalue weighted by Gasteiger charge is -2.41. The second kappa shape index (κ2) is 4.69. The minimum Gasteiger partial charge on any atom is -0.481 e. The first-order valence-corrected chi connectivity index (χ1v) is 6.63. The molecule has 0 unspecified atom stereocenters. The van der Waals surface area contributed by atoms with Gasteiger partial charge in [0.05, 0.1) is 5.92 Å². The molecule has 1 rings (SSSR count). The molecule has 5 heteroatoms. The van der Waals surface area contributed by atoms with Crippen molar-refractivity contribution in [2.24, 2.45) is 11.3 Å². The summed E-state index contributed by atoms with van der Waals surface area (Å²) in [4.78, 5) is 23.2. The minimum absolute atomic E-state index is 0.451. The molecule has 19 heavy (non-hydrogen) atoms. The smallest absolute Gasteiger partial charge is 0.408 e. The normalized spacial score (nSPS) is 29.9. The predicted octanol–water partition coefficient (Wildman–Crippen LogP) is 2.79. The van der Waals surface area contributed by atoms with E-state index in [4.69, 9.17) is 4.74 Å². The monoisotopic (exact) mass is 271 g/mol. The second-order valence-corrected chi connectivity index (χ2v) is 7.11. The maximum Gasteiger partial charge on any atom is 0.408 e. The molecular formula is C14H25NO4. The number of hydrogen-bond acceptors (Lipinski definition) is 3. The summed E-state index contributed by atoms with van der Waals surface area (Å²) in [6.45, 7) is 11.1. The highest BCUT2D eigenvalue weighted by Crippen LogP contribution is 2.50. The van der Waals surface area contributed by atoms with E-state index in [9.17, 15) is 14.7 Å². The Kier molecular flexibility index (Phi) is 3.90. The molecule has 1 aliphatic carbocycles. The van der Waals surface area contributed by atoms with Crippen molar-refractivity contribution < 1.29 is 19.4 Å². The lowest BCUT2D eigenvalue weighted by molar-refractivity contribution is -0.145. The number of amides is 1. The molecule has 5 nitrogen and oxygen atoms in total. The third-order valence-electron chi connectivity index (χ3n) is 4.30. The first-order valence-electron chi connectivity index (χ1n) is 6.63. The van der Waals surface area contributed by atoms with Crippen molar-refractivity contribution in [3.05, 3.63) is 0 Å². The van der Waals surface area contributed by atoms with Crippen molar-refractivity contribution in [3.63, 3.8) is 0 Å². The van der Waals surface area contributed by atoms with Crippen LogP contribution in [-0.4, -0.2) is 28.3 Å². The largest absolute Gasteiger partial charge is 0.481 e. The van der Waals surface area contributed by atoms with Crippen molar-refractivity contribution in [1.29, 1.82) is 0 Å². The number of carboxylic acids is 1. The Morgan fingerprint density at radius 2 is 1.79 bits per heavy atom. The number of nitrogens with one attached hydrogen (secondary N) is 1. The van der Waals surface area contributed by atoms with Crippen molar-refractivity contribution >= 4 is 12.1 Å². The SMILES string of the molecule is CC(C)(C)OC(=O)N[C@]1(C)CC[C@H](C(=O)O)C1(C)C. The summed E-state index contributed by atoms with van der Waals surface area (Å²) in [5.41, 5.74) is -1.65. The average molecular weight is 271 g/mol. The standard InChI is InChI=1S/C14H25NO4/c1-12(2,3)19-11(18)15-14(6)8-7-9(10(16)17)13(14,4)5/h9H,7-8H2,1-6H3,(H,15,18)(H,16,17)/t9-,14-/m1/s1. The Morgan fingerprint density at radius 1 is 1.26 bits per heavy atom. The Balaban J connectivity index is 2.83. The fourth-order valence-corrected chi connectivity index (χ4v) is 2.69. The molecule has 0 saturated heterocycles. The number of carbonyl (C=O) groups is 2.